The van der Waals surface area contributed by atoms with Crippen molar-refractivity contribution in [3.63, 3.8) is 0 Å². The fourth-order valence-corrected chi connectivity index (χ4v) is 1.95. The third kappa shape index (κ3) is 1.76. The number of nitro groups is 1. The van der Waals surface area contributed by atoms with E-state index < -0.39 is 28.3 Å². The van der Waals surface area contributed by atoms with Gasteiger partial charge in [-0.15, -0.1) is 0 Å². The quantitative estimate of drug-likeness (QED) is 0.624. The van der Waals surface area contributed by atoms with Gasteiger partial charge in [0.15, 0.2) is 0 Å². The van der Waals surface area contributed by atoms with Gasteiger partial charge in [0.05, 0.1) is 4.92 Å². The Hall–Kier alpha value is -1.56. The average Bonchev–Trinajstić information content (AvgIpc) is 2.70. The number of halogens is 2. The Balaban J connectivity index is 2.49. The van der Waals surface area contributed by atoms with Crippen LogP contribution in [-0.2, 0) is 0 Å². The average molecular weight is 228 g/mol. The maximum absolute atomic E-state index is 13.7. The summed E-state index contributed by atoms with van der Waals surface area (Å²) >= 11 is 0. The van der Waals surface area contributed by atoms with Gasteiger partial charge in [-0.05, 0) is 25.5 Å². The zero-order valence-corrected chi connectivity index (χ0v) is 8.37. The molecule has 2 rings (SSSR count). The molecule has 1 saturated heterocycles. The third-order valence-corrected chi connectivity index (χ3v) is 2.71. The van der Waals surface area contributed by atoms with Crippen LogP contribution >= 0.6 is 0 Å². The van der Waals surface area contributed by atoms with Gasteiger partial charge in [-0.3, -0.25) is 10.1 Å². The molecular weight excluding hydrogens is 218 g/mol. The Bertz CT molecular complexity index is 431. The summed E-state index contributed by atoms with van der Waals surface area (Å²) in [5.41, 5.74) is -0.892. The minimum atomic E-state index is -1.07. The smallest absolute Gasteiger partial charge is 0.305 e. The van der Waals surface area contributed by atoms with E-state index in [0.717, 1.165) is 18.6 Å². The summed E-state index contributed by atoms with van der Waals surface area (Å²) in [5.74, 6) is -1.80. The minimum absolute atomic E-state index is 0.216. The Morgan fingerprint density at radius 3 is 2.75 bits per heavy atom. The molecule has 1 atom stereocenters. The van der Waals surface area contributed by atoms with E-state index >= 15 is 0 Å². The molecule has 0 spiro atoms. The first-order valence-corrected chi connectivity index (χ1v) is 4.97. The highest BCUT2D eigenvalue weighted by Crippen LogP contribution is 2.31. The molecule has 4 nitrogen and oxygen atoms in total. The Morgan fingerprint density at radius 1 is 1.44 bits per heavy atom. The highest BCUT2D eigenvalue weighted by atomic mass is 19.1. The van der Waals surface area contributed by atoms with E-state index in [1.165, 1.54) is 0 Å². The molecule has 1 aliphatic rings. The Labute approximate surface area is 90.4 Å². The van der Waals surface area contributed by atoms with E-state index in [2.05, 4.69) is 5.32 Å². The molecule has 0 radical (unpaired) electrons. The maximum atomic E-state index is 13.7. The van der Waals surface area contributed by atoms with E-state index in [-0.39, 0.29) is 5.56 Å². The topological polar surface area (TPSA) is 55.2 Å². The zero-order chi connectivity index (χ0) is 11.7. The first kappa shape index (κ1) is 10.9. The molecule has 1 heterocycles. The molecule has 1 N–H and O–H groups in total. The normalized spacial score (nSPS) is 20.0. The second kappa shape index (κ2) is 4.13. The van der Waals surface area contributed by atoms with Crippen LogP contribution < -0.4 is 5.32 Å². The lowest BCUT2D eigenvalue weighted by molar-refractivity contribution is -0.387. The molecule has 0 bridgehead atoms. The summed E-state index contributed by atoms with van der Waals surface area (Å²) < 4.78 is 27.2. The first-order valence-electron chi connectivity index (χ1n) is 4.97. The van der Waals surface area contributed by atoms with E-state index in [4.69, 9.17) is 0 Å². The number of hydrogen-bond donors (Lipinski definition) is 1. The van der Waals surface area contributed by atoms with Gasteiger partial charge in [0, 0.05) is 17.7 Å². The van der Waals surface area contributed by atoms with Crippen molar-refractivity contribution in [2.75, 3.05) is 6.54 Å². The molecule has 86 valence electrons. The summed E-state index contributed by atoms with van der Waals surface area (Å²) in [6.07, 6.45) is 1.40. The van der Waals surface area contributed by atoms with Gasteiger partial charge in [-0.2, -0.15) is 4.39 Å². The largest absolute Gasteiger partial charge is 0.310 e. The SMILES string of the molecule is O=[N+]([O-])c1ccc(F)c(C2CCCN2)c1F. The van der Waals surface area contributed by atoms with Crippen LogP contribution in [-0.4, -0.2) is 11.5 Å². The molecule has 0 aliphatic carbocycles. The summed E-state index contributed by atoms with van der Waals surface area (Å²) in [7, 11) is 0. The van der Waals surface area contributed by atoms with Crippen molar-refractivity contribution >= 4 is 5.69 Å². The number of benzene rings is 1. The van der Waals surface area contributed by atoms with E-state index in [1.54, 1.807) is 0 Å². The van der Waals surface area contributed by atoms with Crippen molar-refractivity contribution in [1.29, 1.82) is 0 Å². The van der Waals surface area contributed by atoms with Crippen LogP contribution in [0.15, 0.2) is 12.1 Å². The molecule has 0 amide bonds. The summed E-state index contributed by atoms with van der Waals surface area (Å²) in [5, 5.41) is 13.4. The van der Waals surface area contributed by atoms with Gasteiger partial charge in [0.2, 0.25) is 5.82 Å². The number of hydrogen-bond acceptors (Lipinski definition) is 3. The van der Waals surface area contributed by atoms with Crippen molar-refractivity contribution < 1.29 is 13.7 Å². The van der Waals surface area contributed by atoms with Crippen molar-refractivity contribution in [1.82, 2.24) is 5.32 Å². The second-order valence-corrected chi connectivity index (χ2v) is 3.70. The van der Waals surface area contributed by atoms with Gasteiger partial charge in [0.1, 0.15) is 5.82 Å². The zero-order valence-electron chi connectivity index (χ0n) is 8.37. The van der Waals surface area contributed by atoms with Crippen molar-refractivity contribution in [3.8, 4) is 0 Å². The first-order chi connectivity index (χ1) is 7.61. The number of nitro benzene ring substituents is 1. The van der Waals surface area contributed by atoms with Gasteiger partial charge < -0.3 is 5.32 Å². The Morgan fingerprint density at radius 2 is 2.19 bits per heavy atom. The lowest BCUT2D eigenvalue weighted by Crippen LogP contribution is -2.16. The van der Waals surface area contributed by atoms with Crippen LogP contribution in [0.4, 0.5) is 14.5 Å². The van der Waals surface area contributed by atoms with Crippen LogP contribution in [0.1, 0.15) is 24.4 Å². The van der Waals surface area contributed by atoms with Crippen LogP contribution in [0, 0.1) is 21.7 Å². The number of rotatable bonds is 2. The monoisotopic (exact) mass is 228 g/mol. The highest BCUT2D eigenvalue weighted by molar-refractivity contribution is 5.39. The molecule has 1 aliphatic heterocycles. The summed E-state index contributed by atoms with van der Waals surface area (Å²) in [6, 6.07) is 1.33. The van der Waals surface area contributed by atoms with Gasteiger partial charge in [-0.25, -0.2) is 4.39 Å². The predicted octanol–water partition coefficient (Wildman–Crippen LogP) is 2.30. The maximum Gasteiger partial charge on any atom is 0.305 e. The molecule has 6 heteroatoms. The second-order valence-electron chi connectivity index (χ2n) is 3.70. The van der Waals surface area contributed by atoms with Gasteiger partial charge in [0.25, 0.3) is 0 Å². The van der Waals surface area contributed by atoms with Crippen LogP contribution in [0.25, 0.3) is 0 Å². The molecule has 1 fully saturated rings. The summed E-state index contributed by atoms with van der Waals surface area (Å²) in [6.45, 7) is 0.673. The predicted molar refractivity (Wildman–Crippen MR) is 53.0 cm³/mol. The lowest BCUT2D eigenvalue weighted by Gasteiger charge is -2.12. The summed E-state index contributed by atoms with van der Waals surface area (Å²) in [4.78, 5) is 9.68. The van der Waals surface area contributed by atoms with Gasteiger partial charge in [-0.1, -0.05) is 0 Å². The van der Waals surface area contributed by atoms with E-state index in [1.807, 2.05) is 0 Å². The Kier molecular flexibility index (Phi) is 2.82. The molecular formula is C10H10F2N2O2. The van der Waals surface area contributed by atoms with Crippen LogP contribution in [0.3, 0.4) is 0 Å². The van der Waals surface area contributed by atoms with Crippen LogP contribution in [0.2, 0.25) is 0 Å². The van der Waals surface area contributed by atoms with Crippen molar-refractivity contribution in [3.05, 3.63) is 39.4 Å². The van der Waals surface area contributed by atoms with E-state index in [9.17, 15) is 18.9 Å². The molecule has 1 aromatic rings. The number of nitrogens with one attached hydrogen (secondary N) is 1. The molecule has 16 heavy (non-hydrogen) atoms. The van der Waals surface area contributed by atoms with Gasteiger partial charge >= 0.3 is 5.69 Å². The molecule has 1 unspecified atom stereocenters. The van der Waals surface area contributed by atoms with Crippen LogP contribution in [0.5, 0.6) is 0 Å². The third-order valence-electron chi connectivity index (χ3n) is 2.71. The highest BCUT2D eigenvalue weighted by Gasteiger charge is 2.28. The minimum Gasteiger partial charge on any atom is -0.310 e. The molecule has 0 saturated carbocycles. The number of nitrogens with zero attached hydrogens (tertiary/aromatic N) is 1. The lowest BCUT2D eigenvalue weighted by atomic mass is 10.0. The molecule has 0 aromatic heterocycles. The van der Waals surface area contributed by atoms with E-state index in [0.29, 0.717) is 13.0 Å². The fraction of sp³-hybridized carbons (Fsp3) is 0.400. The fourth-order valence-electron chi connectivity index (χ4n) is 1.95. The standard InChI is InChI=1S/C10H10F2N2O2/c11-6-3-4-8(14(15)16)10(12)9(6)7-2-1-5-13-7/h3-4,7,13H,1-2,5H2. The molecule has 1 aromatic carbocycles. The van der Waals surface area contributed by atoms with Crippen molar-refractivity contribution in [2.45, 2.75) is 18.9 Å². The van der Waals surface area contributed by atoms with Crippen molar-refractivity contribution in [2.24, 2.45) is 0 Å².